The van der Waals surface area contributed by atoms with Crippen LogP contribution in [0.2, 0.25) is 0 Å². The van der Waals surface area contributed by atoms with Crippen molar-refractivity contribution in [2.24, 2.45) is 17.8 Å². The highest BCUT2D eigenvalue weighted by Gasteiger charge is 2.39. The number of ether oxygens (including phenoxy) is 2. The second kappa shape index (κ2) is 8.40. The van der Waals surface area contributed by atoms with E-state index in [4.69, 9.17) is 9.47 Å². The van der Waals surface area contributed by atoms with Gasteiger partial charge in [0.15, 0.2) is 5.78 Å². The van der Waals surface area contributed by atoms with Crippen molar-refractivity contribution in [3.63, 3.8) is 0 Å². The Balaban J connectivity index is 2.87. The van der Waals surface area contributed by atoms with E-state index in [1.807, 2.05) is 20.8 Å². The molecule has 4 heteroatoms. The zero-order chi connectivity index (χ0) is 15.1. The maximum absolute atomic E-state index is 12.7. The largest absolute Gasteiger partial charge is 0.468 e. The van der Waals surface area contributed by atoms with E-state index in [2.05, 4.69) is 0 Å². The summed E-state index contributed by atoms with van der Waals surface area (Å²) in [5, 5.41) is 0. The predicted octanol–water partition coefficient (Wildman–Crippen LogP) is 2.99. The van der Waals surface area contributed by atoms with Gasteiger partial charge in [0.05, 0.1) is 7.11 Å². The van der Waals surface area contributed by atoms with Crippen LogP contribution in [0.25, 0.3) is 0 Å². The van der Waals surface area contributed by atoms with E-state index in [1.165, 1.54) is 13.5 Å². The van der Waals surface area contributed by atoms with Crippen molar-refractivity contribution in [2.75, 3.05) is 13.7 Å². The first-order valence-electron chi connectivity index (χ1n) is 7.76. The maximum atomic E-state index is 12.7. The van der Waals surface area contributed by atoms with E-state index < -0.39 is 18.0 Å². The number of methoxy groups -OCH3 is 1. The average molecular weight is 284 g/mol. The van der Waals surface area contributed by atoms with Crippen molar-refractivity contribution in [3.05, 3.63) is 0 Å². The Kier molecular flexibility index (Phi) is 7.20. The Morgan fingerprint density at radius 1 is 1.15 bits per heavy atom. The summed E-state index contributed by atoms with van der Waals surface area (Å²) >= 11 is 0. The molecule has 0 aliphatic heterocycles. The second-order valence-electron chi connectivity index (χ2n) is 5.92. The fourth-order valence-electron chi connectivity index (χ4n) is 3.09. The summed E-state index contributed by atoms with van der Waals surface area (Å²) in [4.78, 5) is 24.6. The monoisotopic (exact) mass is 284 g/mol. The van der Waals surface area contributed by atoms with Gasteiger partial charge >= 0.3 is 5.97 Å². The van der Waals surface area contributed by atoms with E-state index >= 15 is 0 Å². The normalized spacial score (nSPS) is 19.6. The van der Waals surface area contributed by atoms with Crippen molar-refractivity contribution in [1.29, 1.82) is 0 Å². The Bertz CT molecular complexity index is 318. The van der Waals surface area contributed by atoms with Gasteiger partial charge in [0, 0.05) is 6.61 Å². The molecule has 116 valence electrons. The molecule has 0 saturated heterocycles. The average Bonchev–Trinajstić information content (AvgIpc) is 2.45. The fraction of sp³-hybridized carbons (Fsp3) is 0.875. The van der Waals surface area contributed by atoms with Gasteiger partial charge in [0.2, 0.25) is 0 Å². The van der Waals surface area contributed by atoms with Gasteiger partial charge in [-0.05, 0) is 31.6 Å². The van der Waals surface area contributed by atoms with E-state index in [-0.39, 0.29) is 17.6 Å². The minimum Gasteiger partial charge on any atom is -0.468 e. The molecule has 1 rings (SSSR count). The van der Waals surface area contributed by atoms with Crippen LogP contribution in [-0.4, -0.2) is 31.6 Å². The number of esters is 1. The first-order chi connectivity index (χ1) is 9.52. The minimum absolute atomic E-state index is 0.0681. The topological polar surface area (TPSA) is 52.6 Å². The van der Waals surface area contributed by atoms with Crippen LogP contribution in [0.3, 0.4) is 0 Å². The molecule has 0 amide bonds. The molecule has 0 N–H and O–H groups in total. The molecule has 1 aliphatic carbocycles. The number of rotatable bonds is 7. The molecule has 2 atom stereocenters. The zero-order valence-corrected chi connectivity index (χ0v) is 13.2. The molecule has 0 aromatic heterocycles. The fourth-order valence-corrected chi connectivity index (χ4v) is 3.09. The smallest absolute Gasteiger partial charge is 0.316 e. The third kappa shape index (κ3) is 4.30. The standard InChI is InChI=1S/C16H28O4/c1-5-20-15(12-9-7-6-8-10-12)14(17)13(11(2)3)16(18)19-4/h11-13,15H,5-10H2,1-4H3. The molecule has 1 aliphatic rings. The minimum atomic E-state index is -0.710. The summed E-state index contributed by atoms with van der Waals surface area (Å²) in [6.07, 6.45) is 5.10. The van der Waals surface area contributed by atoms with Gasteiger partial charge in [0.25, 0.3) is 0 Å². The van der Waals surface area contributed by atoms with Crippen LogP contribution in [-0.2, 0) is 19.1 Å². The highest BCUT2D eigenvalue weighted by Crippen LogP contribution is 2.31. The Labute approximate surface area is 122 Å². The lowest BCUT2D eigenvalue weighted by Crippen LogP contribution is -2.43. The van der Waals surface area contributed by atoms with Crippen molar-refractivity contribution in [3.8, 4) is 0 Å². The van der Waals surface area contributed by atoms with Crippen molar-refractivity contribution in [2.45, 2.75) is 59.0 Å². The van der Waals surface area contributed by atoms with Crippen LogP contribution in [0.1, 0.15) is 52.9 Å². The van der Waals surface area contributed by atoms with Gasteiger partial charge in [-0.25, -0.2) is 0 Å². The van der Waals surface area contributed by atoms with Gasteiger partial charge in [0.1, 0.15) is 12.0 Å². The van der Waals surface area contributed by atoms with E-state index in [1.54, 1.807) is 0 Å². The van der Waals surface area contributed by atoms with Crippen molar-refractivity contribution < 1.29 is 19.1 Å². The number of hydrogen-bond acceptors (Lipinski definition) is 4. The van der Waals surface area contributed by atoms with Crippen LogP contribution in [0.15, 0.2) is 0 Å². The lowest BCUT2D eigenvalue weighted by molar-refractivity contribution is -0.157. The van der Waals surface area contributed by atoms with Gasteiger partial charge in [-0.15, -0.1) is 0 Å². The molecule has 20 heavy (non-hydrogen) atoms. The quantitative estimate of drug-likeness (QED) is 0.533. The molecule has 0 aromatic rings. The van der Waals surface area contributed by atoms with Crippen molar-refractivity contribution in [1.82, 2.24) is 0 Å². The predicted molar refractivity (Wildman–Crippen MR) is 77.3 cm³/mol. The number of carbonyl (C=O) groups is 2. The number of hydrogen-bond donors (Lipinski definition) is 0. The summed E-state index contributed by atoms with van der Waals surface area (Å²) in [6, 6.07) is 0. The Morgan fingerprint density at radius 3 is 2.20 bits per heavy atom. The molecular weight excluding hydrogens is 256 g/mol. The number of carbonyl (C=O) groups excluding carboxylic acids is 2. The first-order valence-corrected chi connectivity index (χ1v) is 7.76. The molecular formula is C16H28O4. The lowest BCUT2D eigenvalue weighted by atomic mass is 9.79. The first kappa shape index (κ1) is 17.2. The summed E-state index contributed by atoms with van der Waals surface area (Å²) < 4.78 is 10.5. The number of ketones is 1. The molecule has 0 radical (unpaired) electrons. The Morgan fingerprint density at radius 2 is 1.75 bits per heavy atom. The lowest BCUT2D eigenvalue weighted by Gasteiger charge is -2.31. The van der Waals surface area contributed by atoms with Crippen LogP contribution in [0.5, 0.6) is 0 Å². The third-order valence-electron chi connectivity index (χ3n) is 4.13. The van der Waals surface area contributed by atoms with Crippen molar-refractivity contribution >= 4 is 11.8 Å². The number of Topliss-reactive ketones (excluding diaryl/α,β-unsaturated/α-hetero) is 1. The van der Waals surface area contributed by atoms with E-state index in [9.17, 15) is 9.59 Å². The Hall–Kier alpha value is -0.900. The van der Waals surface area contributed by atoms with Gasteiger partial charge in [-0.3, -0.25) is 9.59 Å². The molecule has 0 aromatic carbocycles. The van der Waals surface area contributed by atoms with E-state index in [0.29, 0.717) is 6.61 Å². The van der Waals surface area contributed by atoms with E-state index in [0.717, 1.165) is 25.7 Å². The summed E-state index contributed by atoms with van der Waals surface area (Å²) in [5.41, 5.74) is 0. The summed E-state index contributed by atoms with van der Waals surface area (Å²) in [7, 11) is 1.33. The zero-order valence-electron chi connectivity index (χ0n) is 13.2. The molecule has 1 saturated carbocycles. The summed E-state index contributed by atoms with van der Waals surface area (Å²) in [5.74, 6) is -1.06. The summed E-state index contributed by atoms with van der Waals surface area (Å²) in [6.45, 7) is 6.15. The third-order valence-corrected chi connectivity index (χ3v) is 4.13. The van der Waals surface area contributed by atoms with Crippen LogP contribution >= 0.6 is 0 Å². The molecule has 1 fully saturated rings. The van der Waals surface area contributed by atoms with Crippen LogP contribution < -0.4 is 0 Å². The highest BCUT2D eigenvalue weighted by molar-refractivity contribution is 6.01. The SMILES string of the molecule is CCOC(C(=O)C(C(=O)OC)C(C)C)C1CCCCC1. The molecule has 0 bridgehead atoms. The van der Waals surface area contributed by atoms with Crippen LogP contribution in [0.4, 0.5) is 0 Å². The van der Waals surface area contributed by atoms with Gasteiger partial charge in [-0.1, -0.05) is 33.1 Å². The molecule has 0 spiro atoms. The molecule has 4 nitrogen and oxygen atoms in total. The second-order valence-corrected chi connectivity index (χ2v) is 5.92. The van der Waals surface area contributed by atoms with Gasteiger partial charge in [-0.2, -0.15) is 0 Å². The van der Waals surface area contributed by atoms with Gasteiger partial charge < -0.3 is 9.47 Å². The maximum Gasteiger partial charge on any atom is 0.316 e. The molecule has 0 heterocycles. The highest BCUT2D eigenvalue weighted by atomic mass is 16.5. The van der Waals surface area contributed by atoms with Crippen LogP contribution in [0, 0.1) is 17.8 Å². The molecule has 2 unspecified atom stereocenters.